The van der Waals surface area contributed by atoms with E-state index in [1.54, 1.807) is 5.57 Å². The Labute approximate surface area is 229 Å². The highest BCUT2D eigenvalue weighted by Crippen LogP contribution is 2.65. The number of fused-ring (bicyclic) bond motifs is 6. The van der Waals surface area contributed by atoms with E-state index < -0.39 is 0 Å². The first-order chi connectivity index (χ1) is 16.7. The van der Waals surface area contributed by atoms with Crippen LogP contribution in [0.5, 0.6) is 0 Å². The Balaban J connectivity index is 0.000000709. The van der Waals surface area contributed by atoms with Gasteiger partial charge in [-0.25, -0.2) is 0 Å². The molecule has 5 aliphatic rings. The number of allylic oxidation sites excluding steroid dienone is 5. The lowest BCUT2D eigenvalue weighted by molar-refractivity contribution is -0.135. The molecule has 0 spiro atoms. The molecule has 36 heavy (non-hydrogen) atoms. The lowest BCUT2D eigenvalue weighted by Crippen LogP contribution is -2.67. The Morgan fingerprint density at radius 3 is 2.28 bits per heavy atom. The predicted octanol–water partition coefficient (Wildman–Crippen LogP) is 9.35. The molecule has 0 N–H and O–H groups in total. The predicted molar refractivity (Wildman–Crippen MR) is 161 cm³/mol. The van der Waals surface area contributed by atoms with Gasteiger partial charge in [0.1, 0.15) is 0 Å². The summed E-state index contributed by atoms with van der Waals surface area (Å²) >= 11 is 5.49. The average Bonchev–Trinajstić information content (AvgIpc) is 2.86. The molecule has 0 radical (unpaired) electrons. The van der Waals surface area contributed by atoms with E-state index in [-0.39, 0.29) is 4.87 Å². The summed E-state index contributed by atoms with van der Waals surface area (Å²) in [5.41, 5.74) is 5.99. The molecule has 2 saturated heterocycles. The summed E-state index contributed by atoms with van der Waals surface area (Å²) in [6.07, 6.45) is 10.2. The summed E-state index contributed by atoms with van der Waals surface area (Å²) in [6, 6.07) is 0.652. The molecule has 202 valence electrons. The van der Waals surface area contributed by atoms with E-state index in [2.05, 4.69) is 65.7 Å². The Bertz CT molecular complexity index is 925. The summed E-state index contributed by atoms with van der Waals surface area (Å²) < 4.78 is 0. The quantitative estimate of drug-likeness (QED) is 0.251. The van der Waals surface area contributed by atoms with E-state index in [4.69, 9.17) is 19.2 Å². The highest BCUT2D eigenvalue weighted by molar-refractivity contribution is 7.81. The van der Waals surface area contributed by atoms with Gasteiger partial charge >= 0.3 is 0 Å². The topological polar surface area (TPSA) is 3.24 Å². The van der Waals surface area contributed by atoms with Gasteiger partial charge in [-0.05, 0) is 112 Å². The van der Waals surface area contributed by atoms with Gasteiger partial charge in [-0.2, -0.15) is 12.6 Å². The highest BCUT2D eigenvalue weighted by atomic mass is 32.1. The van der Waals surface area contributed by atoms with Crippen LogP contribution in [0, 0.1) is 52.8 Å². The zero-order valence-corrected chi connectivity index (χ0v) is 25.6. The third kappa shape index (κ3) is 4.76. The SMILES string of the molecule is C=C(C)C.C=C1C=C(C)CC2C3CC4N5CC(C)CC(C)CC5(S)CCC4(C)C(C)C3C(=C)C(C)C12. The first kappa shape index (κ1) is 28.3. The number of hydrogen-bond donors (Lipinski definition) is 1. The fourth-order valence-corrected chi connectivity index (χ4v) is 10.4. The van der Waals surface area contributed by atoms with Crippen molar-refractivity contribution in [2.75, 3.05) is 6.54 Å². The number of hydrogen-bond acceptors (Lipinski definition) is 2. The fraction of sp³-hybridized carbons (Fsp3) is 0.765. The maximum absolute atomic E-state index is 5.49. The highest BCUT2D eigenvalue weighted by Gasteiger charge is 2.62. The Morgan fingerprint density at radius 2 is 1.64 bits per heavy atom. The minimum absolute atomic E-state index is 0.0886. The van der Waals surface area contributed by atoms with Crippen molar-refractivity contribution in [1.82, 2.24) is 4.90 Å². The van der Waals surface area contributed by atoms with E-state index >= 15 is 0 Å². The molecule has 4 fully saturated rings. The summed E-state index contributed by atoms with van der Waals surface area (Å²) in [7, 11) is 0. The number of piperidine rings is 1. The lowest BCUT2D eigenvalue weighted by atomic mass is 9.44. The molecule has 0 aromatic rings. The molecule has 2 heteroatoms. The Kier molecular flexibility index (Phi) is 7.94. The smallest absolute Gasteiger partial charge is 0.0645 e. The van der Waals surface area contributed by atoms with Crippen molar-refractivity contribution in [2.45, 2.75) is 105 Å². The molecule has 0 aromatic carbocycles. The first-order valence-corrected chi connectivity index (χ1v) is 15.3. The Morgan fingerprint density at radius 1 is 1.00 bits per heavy atom. The van der Waals surface area contributed by atoms with E-state index in [1.807, 2.05) is 13.8 Å². The van der Waals surface area contributed by atoms with Crippen LogP contribution in [-0.4, -0.2) is 22.4 Å². The summed E-state index contributed by atoms with van der Waals surface area (Å²) in [5, 5.41) is 0. The number of rotatable bonds is 0. The van der Waals surface area contributed by atoms with Gasteiger partial charge in [-0.1, -0.05) is 76.1 Å². The van der Waals surface area contributed by atoms with Crippen molar-refractivity contribution in [2.24, 2.45) is 52.8 Å². The maximum Gasteiger partial charge on any atom is 0.0645 e. The van der Waals surface area contributed by atoms with E-state index in [0.717, 1.165) is 23.7 Å². The fourth-order valence-electron chi connectivity index (χ4n) is 9.72. The Hall–Kier alpha value is -0.730. The van der Waals surface area contributed by atoms with Crippen molar-refractivity contribution in [1.29, 1.82) is 0 Å². The molecule has 11 unspecified atom stereocenters. The van der Waals surface area contributed by atoms with Crippen LogP contribution in [0.1, 0.15) is 93.9 Å². The van der Waals surface area contributed by atoms with Gasteiger partial charge in [0.15, 0.2) is 0 Å². The molecular weight excluding hydrogens is 454 g/mol. The van der Waals surface area contributed by atoms with Crippen LogP contribution in [-0.2, 0) is 0 Å². The van der Waals surface area contributed by atoms with Crippen molar-refractivity contribution in [3.8, 4) is 0 Å². The van der Waals surface area contributed by atoms with Crippen LogP contribution in [0.3, 0.4) is 0 Å². The van der Waals surface area contributed by atoms with E-state index in [9.17, 15) is 0 Å². The van der Waals surface area contributed by atoms with E-state index in [1.165, 1.54) is 61.8 Å². The summed E-state index contributed by atoms with van der Waals surface area (Å²) in [5.74, 6) is 5.54. The molecular formula is C34H55NS. The van der Waals surface area contributed by atoms with Crippen molar-refractivity contribution < 1.29 is 0 Å². The lowest BCUT2D eigenvalue weighted by Gasteiger charge is -2.66. The van der Waals surface area contributed by atoms with Crippen LogP contribution in [0.2, 0.25) is 0 Å². The normalized spacial score (nSPS) is 48.7. The van der Waals surface area contributed by atoms with Crippen molar-refractivity contribution in [3.63, 3.8) is 0 Å². The van der Waals surface area contributed by atoms with Gasteiger partial charge < -0.3 is 0 Å². The zero-order chi connectivity index (χ0) is 26.7. The average molecular weight is 510 g/mol. The van der Waals surface area contributed by atoms with Crippen LogP contribution in [0.4, 0.5) is 0 Å². The molecule has 3 aliphatic carbocycles. The zero-order valence-electron chi connectivity index (χ0n) is 24.7. The second-order valence-corrected chi connectivity index (χ2v) is 15.4. The van der Waals surface area contributed by atoms with Crippen LogP contribution in [0.15, 0.2) is 48.1 Å². The first-order valence-electron chi connectivity index (χ1n) is 14.9. The summed E-state index contributed by atoms with van der Waals surface area (Å²) in [6.45, 7) is 33.0. The monoisotopic (exact) mass is 509 g/mol. The molecule has 0 aromatic heterocycles. The van der Waals surface area contributed by atoms with Crippen molar-refractivity contribution in [3.05, 3.63) is 48.1 Å². The van der Waals surface area contributed by atoms with Crippen LogP contribution in [0.25, 0.3) is 0 Å². The molecule has 1 nitrogen and oxygen atoms in total. The van der Waals surface area contributed by atoms with Crippen molar-refractivity contribution >= 4 is 12.6 Å². The van der Waals surface area contributed by atoms with Gasteiger partial charge in [-0.15, -0.1) is 6.58 Å². The number of nitrogens with zero attached hydrogens (tertiary/aromatic N) is 1. The van der Waals surface area contributed by atoms with E-state index in [0.29, 0.717) is 35.1 Å². The molecule has 2 saturated carbocycles. The van der Waals surface area contributed by atoms with Gasteiger partial charge in [-0.3, -0.25) is 4.90 Å². The largest absolute Gasteiger partial charge is 0.285 e. The van der Waals surface area contributed by atoms with Gasteiger partial charge in [0.25, 0.3) is 0 Å². The molecule has 11 atom stereocenters. The standard InChI is InChI=1S/C30H47NS.C4H8/c1-17-12-20(4)27-21(5)22(6)28-23(7)29(8)9-10-30(32)15-18(2)11-19(3)16-31(30)26(29)14-25(28)24(27)13-17;1-4(2)3/h12,18-19,21,23-28,32H,4,6,9-11,13-16H2,1-3,5,7-8H3;1H2,2-3H3. The minimum atomic E-state index is 0.0886. The second-order valence-electron chi connectivity index (χ2n) is 14.6. The molecule has 2 heterocycles. The van der Waals surface area contributed by atoms with Gasteiger partial charge in [0, 0.05) is 12.6 Å². The van der Waals surface area contributed by atoms with Crippen LogP contribution < -0.4 is 0 Å². The maximum atomic E-state index is 5.49. The molecule has 0 amide bonds. The molecule has 5 rings (SSSR count). The molecule has 2 aliphatic heterocycles. The van der Waals surface area contributed by atoms with Crippen LogP contribution >= 0.6 is 12.6 Å². The second kappa shape index (κ2) is 10.1. The molecule has 0 bridgehead atoms. The number of thiol groups is 1. The van der Waals surface area contributed by atoms with Gasteiger partial charge in [0.05, 0.1) is 4.87 Å². The summed E-state index contributed by atoms with van der Waals surface area (Å²) in [4.78, 5) is 3.03. The minimum Gasteiger partial charge on any atom is -0.285 e. The van der Waals surface area contributed by atoms with Gasteiger partial charge in [0.2, 0.25) is 0 Å². The third-order valence-corrected chi connectivity index (χ3v) is 11.9. The third-order valence-electron chi connectivity index (χ3n) is 11.2.